The van der Waals surface area contributed by atoms with E-state index in [-0.39, 0.29) is 17.1 Å². The number of carbonyl (C=O) groups is 1. The maximum Gasteiger partial charge on any atom is 0.256 e. The smallest absolute Gasteiger partial charge is 0.256 e. The Balaban J connectivity index is 1.82. The average Bonchev–Trinajstić information content (AvgIpc) is 3.10. The first-order chi connectivity index (χ1) is 13.2. The minimum absolute atomic E-state index is 0.153. The molecule has 1 N–H and O–H groups in total. The van der Waals surface area contributed by atoms with Gasteiger partial charge in [-0.15, -0.1) is 0 Å². The lowest BCUT2D eigenvalue weighted by Crippen LogP contribution is -2.17. The fourth-order valence-corrected chi connectivity index (χ4v) is 4.79. The van der Waals surface area contributed by atoms with Crippen LogP contribution in [-0.2, 0) is 21.3 Å². The van der Waals surface area contributed by atoms with Crippen LogP contribution in [0.15, 0.2) is 42.5 Å². The van der Waals surface area contributed by atoms with Crippen molar-refractivity contribution in [1.29, 1.82) is 0 Å². The van der Waals surface area contributed by atoms with E-state index in [0.717, 1.165) is 16.8 Å². The number of halogens is 1. The van der Waals surface area contributed by atoms with E-state index in [0.29, 0.717) is 17.1 Å². The Morgan fingerprint density at radius 3 is 2.54 bits per heavy atom. The Hall–Kier alpha value is -3.00. The van der Waals surface area contributed by atoms with Crippen LogP contribution < -0.4 is 5.32 Å². The van der Waals surface area contributed by atoms with E-state index in [1.807, 2.05) is 32.0 Å². The predicted molar refractivity (Wildman–Crippen MR) is 104 cm³/mol. The Kier molecular flexibility index (Phi) is 4.30. The molecule has 0 fully saturated rings. The largest absolute Gasteiger partial charge is 0.306 e. The van der Waals surface area contributed by atoms with Gasteiger partial charge in [-0.05, 0) is 55.3 Å². The highest BCUT2D eigenvalue weighted by Crippen LogP contribution is 2.34. The second-order valence-corrected chi connectivity index (χ2v) is 8.96. The van der Waals surface area contributed by atoms with Crippen LogP contribution in [0, 0.1) is 19.7 Å². The molecule has 2 aromatic carbocycles. The van der Waals surface area contributed by atoms with Crippen LogP contribution >= 0.6 is 0 Å². The zero-order chi connectivity index (χ0) is 20.1. The molecule has 28 heavy (non-hydrogen) atoms. The molecule has 2 heterocycles. The Morgan fingerprint density at radius 1 is 1.11 bits per heavy atom. The van der Waals surface area contributed by atoms with Crippen LogP contribution in [0.1, 0.15) is 32.7 Å². The number of aryl methyl sites for hydroxylation is 1. The number of sulfone groups is 1. The topological polar surface area (TPSA) is 81.1 Å². The first-order valence-electron chi connectivity index (χ1n) is 8.70. The van der Waals surface area contributed by atoms with Crippen LogP contribution in [0.3, 0.4) is 0 Å². The van der Waals surface area contributed by atoms with Gasteiger partial charge in [-0.25, -0.2) is 17.5 Å². The third kappa shape index (κ3) is 3.20. The van der Waals surface area contributed by atoms with Gasteiger partial charge < -0.3 is 5.32 Å². The monoisotopic (exact) mass is 399 g/mol. The lowest BCUT2D eigenvalue weighted by atomic mass is 10.1. The number of hydrogen-bond acceptors (Lipinski definition) is 4. The summed E-state index contributed by atoms with van der Waals surface area (Å²) in [6, 6.07) is 10.9. The number of carbonyl (C=O) groups excluding carboxylic acids is 1. The van der Waals surface area contributed by atoms with E-state index >= 15 is 0 Å². The first-order valence-corrected chi connectivity index (χ1v) is 10.5. The average molecular weight is 399 g/mol. The van der Waals surface area contributed by atoms with E-state index in [1.165, 1.54) is 24.3 Å². The van der Waals surface area contributed by atoms with Crippen LogP contribution in [0.4, 0.5) is 10.2 Å². The molecule has 0 saturated heterocycles. The molecule has 144 valence electrons. The predicted octanol–water partition coefficient (Wildman–Crippen LogP) is 3.31. The molecule has 1 aromatic heterocycles. The lowest BCUT2D eigenvalue weighted by molar-refractivity contribution is 0.102. The molecule has 0 spiro atoms. The molecule has 3 aromatic rings. The summed E-state index contributed by atoms with van der Waals surface area (Å²) in [6.07, 6.45) is 0. The molecule has 1 aliphatic heterocycles. The molecule has 1 aliphatic rings. The number of amides is 1. The van der Waals surface area contributed by atoms with Crippen molar-refractivity contribution in [3.8, 4) is 5.69 Å². The fourth-order valence-electron chi connectivity index (χ4n) is 3.29. The summed E-state index contributed by atoms with van der Waals surface area (Å²) in [5.41, 5.74) is 4.00. The Labute approximate surface area is 161 Å². The van der Waals surface area contributed by atoms with Gasteiger partial charge in [0.15, 0.2) is 9.84 Å². The molecule has 1 amide bonds. The van der Waals surface area contributed by atoms with E-state index in [4.69, 9.17) is 0 Å². The number of nitrogens with one attached hydrogen (secondary N) is 1. The minimum Gasteiger partial charge on any atom is -0.306 e. The Bertz CT molecular complexity index is 1200. The van der Waals surface area contributed by atoms with Crippen molar-refractivity contribution in [2.75, 3.05) is 5.32 Å². The Morgan fingerprint density at radius 2 is 1.82 bits per heavy atom. The van der Waals surface area contributed by atoms with E-state index in [9.17, 15) is 17.6 Å². The number of benzene rings is 2. The second-order valence-electron chi connectivity index (χ2n) is 6.90. The molecule has 0 unspecified atom stereocenters. The summed E-state index contributed by atoms with van der Waals surface area (Å²) in [7, 11) is -3.28. The van der Waals surface area contributed by atoms with Crippen molar-refractivity contribution in [3.63, 3.8) is 0 Å². The second kappa shape index (κ2) is 6.56. The number of nitrogens with zero attached hydrogens (tertiary/aromatic N) is 2. The van der Waals surface area contributed by atoms with Gasteiger partial charge >= 0.3 is 0 Å². The zero-order valence-corrected chi connectivity index (χ0v) is 16.2. The summed E-state index contributed by atoms with van der Waals surface area (Å²) in [4.78, 5) is 12.7. The van der Waals surface area contributed by atoms with E-state index < -0.39 is 21.6 Å². The van der Waals surface area contributed by atoms with Gasteiger partial charge in [-0.3, -0.25) is 4.79 Å². The lowest BCUT2D eigenvalue weighted by Gasteiger charge is -2.14. The molecule has 0 aliphatic carbocycles. The summed E-state index contributed by atoms with van der Waals surface area (Å²) >= 11 is 0. The number of rotatable bonds is 3. The number of hydrogen-bond donors (Lipinski definition) is 1. The zero-order valence-electron chi connectivity index (χ0n) is 15.4. The highest BCUT2D eigenvalue weighted by Gasteiger charge is 2.33. The van der Waals surface area contributed by atoms with Gasteiger partial charge in [0.2, 0.25) is 0 Å². The SMILES string of the molecule is Cc1cccc(-n2nc3c(c2NC(=O)c2ccc(F)cc2)CS(=O)(=O)C3)c1C. The van der Waals surface area contributed by atoms with E-state index in [1.54, 1.807) is 4.68 Å². The van der Waals surface area contributed by atoms with Crippen molar-refractivity contribution >= 4 is 21.6 Å². The third-order valence-corrected chi connectivity index (χ3v) is 6.37. The standard InChI is InChI=1S/C20H18FN3O3S/c1-12-4-3-5-18(13(12)2)24-19(16-10-28(26,27)11-17(16)23-24)22-20(25)14-6-8-15(21)9-7-14/h3-9H,10-11H2,1-2H3,(H,22,25). The maximum absolute atomic E-state index is 13.1. The molecule has 0 saturated carbocycles. The van der Waals surface area contributed by atoms with Crippen molar-refractivity contribution < 1.29 is 17.6 Å². The number of aromatic nitrogens is 2. The third-order valence-electron chi connectivity index (χ3n) is 4.93. The molecular weight excluding hydrogens is 381 g/mol. The van der Waals surface area contributed by atoms with Gasteiger partial charge in [0.05, 0.1) is 22.9 Å². The minimum atomic E-state index is -3.28. The maximum atomic E-state index is 13.1. The van der Waals surface area contributed by atoms with Crippen molar-refractivity contribution in [3.05, 3.63) is 76.2 Å². The summed E-state index contributed by atoms with van der Waals surface area (Å²) < 4.78 is 38.9. The quantitative estimate of drug-likeness (QED) is 0.733. The molecule has 0 atom stereocenters. The summed E-state index contributed by atoms with van der Waals surface area (Å²) in [6.45, 7) is 3.91. The van der Waals surface area contributed by atoms with Gasteiger partial charge in [0, 0.05) is 11.1 Å². The molecule has 8 heteroatoms. The van der Waals surface area contributed by atoms with Crippen molar-refractivity contribution in [2.24, 2.45) is 0 Å². The number of fused-ring (bicyclic) bond motifs is 1. The fraction of sp³-hybridized carbons (Fsp3) is 0.200. The molecule has 0 bridgehead atoms. The van der Waals surface area contributed by atoms with Crippen molar-refractivity contribution in [1.82, 2.24) is 9.78 Å². The first kappa shape index (κ1) is 18.4. The van der Waals surface area contributed by atoms with Gasteiger partial charge in [0.1, 0.15) is 11.6 Å². The van der Waals surface area contributed by atoms with Crippen molar-refractivity contribution in [2.45, 2.75) is 25.4 Å². The number of anilines is 1. The highest BCUT2D eigenvalue weighted by molar-refractivity contribution is 7.90. The van der Waals surface area contributed by atoms with Gasteiger partial charge in [-0.2, -0.15) is 5.10 Å². The highest BCUT2D eigenvalue weighted by atomic mass is 32.2. The molecular formula is C20H18FN3O3S. The summed E-state index contributed by atoms with van der Waals surface area (Å²) in [5, 5.41) is 7.27. The molecule has 6 nitrogen and oxygen atoms in total. The molecule has 0 radical (unpaired) electrons. The van der Waals surface area contributed by atoms with E-state index in [2.05, 4.69) is 10.4 Å². The molecule has 4 rings (SSSR count). The van der Waals surface area contributed by atoms with Crippen LogP contribution in [-0.4, -0.2) is 24.1 Å². The normalized spacial score (nSPS) is 14.7. The van der Waals surface area contributed by atoms with Crippen LogP contribution in [0.5, 0.6) is 0 Å². The summed E-state index contributed by atoms with van der Waals surface area (Å²) in [5.74, 6) is -0.895. The van der Waals surface area contributed by atoms with Gasteiger partial charge in [0.25, 0.3) is 5.91 Å². The van der Waals surface area contributed by atoms with Crippen LogP contribution in [0.25, 0.3) is 5.69 Å². The van der Waals surface area contributed by atoms with Crippen LogP contribution in [0.2, 0.25) is 0 Å². The van der Waals surface area contributed by atoms with Gasteiger partial charge in [-0.1, -0.05) is 12.1 Å².